The molecule has 0 saturated carbocycles. The zero-order valence-corrected chi connectivity index (χ0v) is 8.16. The van der Waals surface area contributed by atoms with Crippen molar-refractivity contribution in [3.8, 4) is 0 Å². The van der Waals surface area contributed by atoms with Gasteiger partial charge in [-0.3, -0.25) is 4.99 Å². The Labute approximate surface area is 84.4 Å². The third-order valence-electron chi connectivity index (χ3n) is 2.34. The first-order valence-electron chi connectivity index (χ1n) is 4.89. The number of benzene rings is 1. The summed E-state index contributed by atoms with van der Waals surface area (Å²) in [4.78, 5) is 4.47. The molecule has 0 aliphatic carbocycles. The van der Waals surface area contributed by atoms with E-state index in [1.807, 2.05) is 6.08 Å². The third kappa shape index (κ3) is 1.69. The molecule has 0 radical (unpaired) electrons. The second-order valence-electron chi connectivity index (χ2n) is 3.31. The molecule has 2 heteroatoms. The van der Waals surface area contributed by atoms with Crippen LogP contribution in [0, 0.1) is 0 Å². The van der Waals surface area contributed by atoms with Crippen LogP contribution in [0.3, 0.4) is 0 Å². The predicted octanol–water partition coefficient (Wildman–Crippen LogP) is 1.76. The second kappa shape index (κ2) is 4.09. The lowest BCUT2D eigenvalue weighted by molar-refractivity contribution is 0.905. The van der Waals surface area contributed by atoms with Gasteiger partial charge >= 0.3 is 0 Å². The van der Waals surface area contributed by atoms with Crippen molar-refractivity contribution in [1.82, 2.24) is 5.32 Å². The molecule has 0 fully saturated rings. The standard InChI is InChI=1S/C12H14N2/c1-2-8-13-12-11-6-4-3-5-10(11)7-9-14-12/h2-6H,1,7-9H2,(H,13,14). The Morgan fingerprint density at radius 3 is 3.14 bits per heavy atom. The van der Waals surface area contributed by atoms with E-state index in [1.165, 1.54) is 11.1 Å². The molecule has 2 nitrogen and oxygen atoms in total. The van der Waals surface area contributed by atoms with E-state index < -0.39 is 0 Å². The molecule has 0 atom stereocenters. The van der Waals surface area contributed by atoms with Crippen LogP contribution < -0.4 is 5.32 Å². The Morgan fingerprint density at radius 2 is 2.29 bits per heavy atom. The number of hydrogen-bond acceptors (Lipinski definition) is 2. The summed E-state index contributed by atoms with van der Waals surface area (Å²) >= 11 is 0. The maximum Gasteiger partial charge on any atom is 0.128 e. The molecule has 1 aromatic carbocycles. The van der Waals surface area contributed by atoms with Gasteiger partial charge in [-0.1, -0.05) is 30.3 Å². The highest BCUT2D eigenvalue weighted by Gasteiger charge is 2.11. The van der Waals surface area contributed by atoms with Gasteiger partial charge in [0.05, 0.1) is 0 Å². The molecule has 1 aliphatic rings. The zero-order valence-electron chi connectivity index (χ0n) is 8.16. The van der Waals surface area contributed by atoms with Crippen molar-refractivity contribution in [1.29, 1.82) is 0 Å². The van der Waals surface area contributed by atoms with E-state index in [0.29, 0.717) is 0 Å². The number of fused-ring (bicyclic) bond motifs is 1. The highest BCUT2D eigenvalue weighted by molar-refractivity contribution is 6.00. The summed E-state index contributed by atoms with van der Waals surface area (Å²) in [6, 6.07) is 8.41. The summed E-state index contributed by atoms with van der Waals surface area (Å²) in [5.74, 6) is 1.01. The fraction of sp³-hybridized carbons (Fsp3) is 0.250. The molecule has 0 amide bonds. The molecule has 0 aromatic heterocycles. The van der Waals surface area contributed by atoms with Gasteiger partial charge in [0.15, 0.2) is 0 Å². The van der Waals surface area contributed by atoms with Crippen LogP contribution in [0.15, 0.2) is 41.9 Å². The second-order valence-corrected chi connectivity index (χ2v) is 3.31. The van der Waals surface area contributed by atoms with Gasteiger partial charge in [0.2, 0.25) is 0 Å². The molecular weight excluding hydrogens is 172 g/mol. The van der Waals surface area contributed by atoms with Crippen LogP contribution in [0.25, 0.3) is 0 Å². The quantitative estimate of drug-likeness (QED) is 0.699. The first kappa shape index (κ1) is 9.00. The Balaban J connectivity index is 2.26. The lowest BCUT2D eigenvalue weighted by Crippen LogP contribution is -2.28. The number of rotatable bonds is 2. The monoisotopic (exact) mass is 186 g/mol. The van der Waals surface area contributed by atoms with Crippen molar-refractivity contribution in [2.24, 2.45) is 4.99 Å². The van der Waals surface area contributed by atoms with Crippen LogP contribution in [0.2, 0.25) is 0 Å². The SMILES string of the molecule is C=CCNC1=NCCc2ccccc21. The van der Waals surface area contributed by atoms with Crippen LogP contribution in [0.5, 0.6) is 0 Å². The summed E-state index contributed by atoms with van der Waals surface area (Å²) in [7, 11) is 0. The Hall–Kier alpha value is -1.57. The number of nitrogens with one attached hydrogen (secondary N) is 1. The largest absolute Gasteiger partial charge is 0.366 e. The molecule has 0 bridgehead atoms. The van der Waals surface area contributed by atoms with Crippen LogP contribution in [0.4, 0.5) is 0 Å². The number of aliphatic imine (C=N–C) groups is 1. The predicted molar refractivity (Wildman–Crippen MR) is 59.7 cm³/mol. The van der Waals surface area contributed by atoms with Gasteiger partial charge in [-0.05, 0) is 12.0 Å². The van der Waals surface area contributed by atoms with Gasteiger partial charge in [0.1, 0.15) is 5.84 Å². The van der Waals surface area contributed by atoms with Crippen molar-refractivity contribution in [2.75, 3.05) is 13.1 Å². The lowest BCUT2D eigenvalue weighted by atomic mass is 10.0. The summed E-state index contributed by atoms with van der Waals surface area (Å²) in [5, 5.41) is 3.26. The molecule has 0 unspecified atom stereocenters. The number of nitrogens with zero attached hydrogens (tertiary/aromatic N) is 1. The minimum Gasteiger partial charge on any atom is -0.366 e. The van der Waals surface area contributed by atoms with E-state index >= 15 is 0 Å². The van der Waals surface area contributed by atoms with Gasteiger partial charge in [-0.15, -0.1) is 6.58 Å². The molecule has 1 aromatic rings. The minimum atomic E-state index is 0.771. The van der Waals surface area contributed by atoms with Gasteiger partial charge < -0.3 is 5.32 Å². The highest BCUT2D eigenvalue weighted by Crippen LogP contribution is 2.14. The average molecular weight is 186 g/mol. The molecule has 1 aliphatic heterocycles. The maximum atomic E-state index is 4.47. The van der Waals surface area contributed by atoms with Crippen LogP contribution in [-0.2, 0) is 6.42 Å². The Bertz CT molecular complexity index is 366. The minimum absolute atomic E-state index is 0.771. The molecule has 0 spiro atoms. The normalized spacial score (nSPS) is 14.1. The molecular formula is C12H14N2. The van der Waals surface area contributed by atoms with Crippen molar-refractivity contribution < 1.29 is 0 Å². The van der Waals surface area contributed by atoms with E-state index in [1.54, 1.807) is 0 Å². The van der Waals surface area contributed by atoms with Crippen LogP contribution >= 0.6 is 0 Å². The summed E-state index contributed by atoms with van der Waals surface area (Å²) in [6.45, 7) is 5.34. The van der Waals surface area contributed by atoms with Crippen molar-refractivity contribution in [3.63, 3.8) is 0 Å². The smallest absolute Gasteiger partial charge is 0.128 e. The van der Waals surface area contributed by atoms with E-state index in [0.717, 1.165) is 25.3 Å². The van der Waals surface area contributed by atoms with Crippen molar-refractivity contribution >= 4 is 5.84 Å². The first-order valence-corrected chi connectivity index (χ1v) is 4.89. The van der Waals surface area contributed by atoms with Crippen molar-refractivity contribution in [3.05, 3.63) is 48.0 Å². The van der Waals surface area contributed by atoms with Crippen LogP contribution in [0.1, 0.15) is 11.1 Å². The van der Waals surface area contributed by atoms with E-state index in [-0.39, 0.29) is 0 Å². The summed E-state index contributed by atoms with van der Waals surface area (Å²) < 4.78 is 0. The topological polar surface area (TPSA) is 24.4 Å². The lowest BCUT2D eigenvalue weighted by Gasteiger charge is -2.17. The van der Waals surface area contributed by atoms with Crippen molar-refractivity contribution in [2.45, 2.75) is 6.42 Å². The number of amidine groups is 1. The average Bonchev–Trinajstić information content (AvgIpc) is 2.26. The molecule has 72 valence electrons. The molecule has 1 N–H and O–H groups in total. The zero-order chi connectivity index (χ0) is 9.80. The van der Waals surface area contributed by atoms with Gasteiger partial charge in [0.25, 0.3) is 0 Å². The van der Waals surface area contributed by atoms with E-state index in [4.69, 9.17) is 0 Å². The molecule has 0 saturated heterocycles. The highest BCUT2D eigenvalue weighted by atomic mass is 15.0. The van der Waals surface area contributed by atoms with Crippen LogP contribution in [-0.4, -0.2) is 18.9 Å². The Kier molecular flexibility index (Phi) is 2.63. The molecule has 2 rings (SSSR count). The van der Waals surface area contributed by atoms with Gasteiger partial charge in [-0.25, -0.2) is 0 Å². The van der Waals surface area contributed by atoms with Gasteiger partial charge in [-0.2, -0.15) is 0 Å². The third-order valence-corrected chi connectivity index (χ3v) is 2.34. The van der Waals surface area contributed by atoms with Gasteiger partial charge in [0, 0.05) is 18.7 Å². The molecule has 1 heterocycles. The van der Waals surface area contributed by atoms with E-state index in [9.17, 15) is 0 Å². The fourth-order valence-corrected chi connectivity index (χ4v) is 1.66. The first-order chi connectivity index (χ1) is 6.92. The van der Waals surface area contributed by atoms with E-state index in [2.05, 4.69) is 41.2 Å². The maximum absolute atomic E-state index is 4.47. The number of hydrogen-bond donors (Lipinski definition) is 1. The molecule has 14 heavy (non-hydrogen) atoms. The Morgan fingerprint density at radius 1 is 1.43 bits per heavy atom. The summed E-state index contributed by atoms with van der Waals surface area (Å²) in [5.41, 5.74) is 2.62. The fourth-order valence-electron chi connectivity index (χ4n) is 1.66. The summed E-state index contributed by atoms with van der Waals surface area (Å²) in [6.07, 6.45) is 2.90.